The van der Waals surface area contributed by atoms with Gasteiger partial charge in [0, 0.05) is 24.2 Å². The quantitative estimate of drug-likeness (QED) is 0.416. The first kappa shape index (κ1) is 23.9. The number of hydrogen-bond acceptors (Lipinski definition) is 5. The average molecular weight is 488 g/mol. The number of hydrogen-bond donors (Lipinski definition) is 2. The molecule has 1 atom stereocenters. The topological polar surface area (TPSA) is 62.2 Å². The molecule has 186 valence electrons. The zero-order chi connectivity index (χ0) is 25.1. The minimum Gasteiger partial charge on any atom is -0.508 e. The summed E-state index contributed by atoms with van der Waals surface area (Å²) >= 11 is 0. The Kier molecular flexibility index (Phi) is 6.96. The van der Waals surface area contributed by atoms with Gasteiger partial charge < -0.3 is 19.7 Å². The molecule has 2 N–H and O–H groups in total. The van der Waals surface area contributed by atoms with Crippen molar-refractivity contribution < 1.29 is 24.1 Å². The lowest BCUT2D eigenvalue weighted by molar-refractivity contribution is 0.204. The van der Waals surface area contributed by atoms with Gasteiger partial charge in [-0.2, -0.15) is 0 Å². The Labute approximate surface area is 210 Å². The van der Waals surface area contributed by atoms with E-state index in [0.717, 1.165) is 71.4 Å². The fourth-order valence-corrected chi connectivity index (χ4v) is 5.00. The van der Waals surface area contributed by atoms with Crippen LogP contribution in [-0.2, 0) is 0 Å². The Morgan fingerprint density at radius 3 is 2.64 bits per heavy atom. The predicted molar refractivity (Wildman–Crippen MR) is 139 cm³/mol. The molecular formula is C30H30FNO4. The van der Waals surface area contributed by atoms with Crippen molar-refractivity contribution in [2.45, 2.75) is 25.9 Å². The highest BCUT2D eigenvalue weighted by Gasteiger charge is 2.29. The highest BCUT2D eigenvalue weighted by Crippen LogP contribution is 2.47. The van der Waals surface area contributed by atoms with Crippen LogP contribution in [0.1, 0.15) is 42.6 Å². The maximum absolute atomic E-state index is 12.9. The van der Waals surface area contributed by atoms with Crippen molar-refractivity contribution in [3.63, 3.8) is 0 Å². The zero-order valence-corrected chi connectivity index (χ0v) is 20.3. The van der Waals surface area contributed by atoms with E-state index in [2.05, 4.69) is 4.90 Å². The Morgan fingerprint density at radius 2 is 1.86 bits per heavy atom. The summed E-state index contributed by atoms with van der Waals surface area (Å²) in [6.45, 7) is 4.91. The van der Waals surface area contributed by atoms with Crippen LogP contribution in [0.5, 0.6) is 23.0 Å². The van der Waals surface area contributed by atoms with Crippen LogP contribution in [0.15, 0.2) is 78.6 Å². The lowest BCUT2D eigenvalue weighted by Crippen LogP contribution is -2.34. The van der Waals surface area contributed by atoms with Crippen molar-refractivity contribution >= 4 is 11.1 Å². The number of piperidine rings is 1. The summed E-state index contributed by atoms with van der Waals surface area (Å²) in [5, 5.41) is 20.2. The number of nitrogens with zero attached hydrogens (tertiary/aromatic N) is 1. The van der Waals surface area contributed by atoms with Crippen molar-refractivity contribution in [2.24, 2.45) is 0 Å². The molecule has 2 heterocycles. The van der Waals surface area contributed by atoms with Gasteiger partial charge >= 0.3 is 0 Å². The molecule has 0 amide bonds. The second-order valence-electron chi connectivity index (χ2n) is 9.33. The highest BCUT2D eigenvalue weighted by atomic mass is 19.1. The number of halogens is 1. The van der Waals surface area contributed by atoms with E-state index in [1.165, 1.54) is 0 Å². The smallest absolute Gasteiger partial charge is 0.150 e. The third-order valence-electron chi connectivity index (χ3n) is 6.85. The summed E-state index contributed by atoms with van der Waals surface area (Å²) in [4.78, 5) is 2.21. The molecular weight excluding hydrogens is 457 g/mol. The predicted octanol–water partition coefficient (Wildman–Crippen LogP) is 6.49. The molecule has 36 heavy (non-hydrogen) atoms. The average Bonchev–Trinajstić information content (AvgIpc) is 2.89. The van der Waals surface area contributed by atoms with Crippen LogP contribution in [0.4, 0.5) is 4.39 Å². The Balaban J connectivity index is 1.36. The summed E-state index contributed by atoms with van der Waals surface area (Å²) in [5.41, 5.74) is 5.39. The molecule has 1 saturated heterocycles. The number of ether oxygens (including phenoxy) is 2. The van der Waals surface area contributed by atoms with E-state index in [1.807, 2.05) is 43.3 Å². The van der Waals surface area contributed by atoms with Gasteiger partial charge in [-0.05, 0) is 91.0 Å². The van der Waals surface area contributed by atoms with Gasteiger partial charge in [-0.1, -0.05) is 24.3 Å². The first-order chi connectivity index (χ1) is 17.5. The summed E-state index contributed by atoms with van der Waals surface area (Å²) in [5.74, 6) is 1.81. The molecule has 3 aromatic carbocycles. The van der Waals surface area contributed by atoms with Gasteiger partial charge in [-0.25, -0.2) is 4.39 Å². The SMILES string of the molecule is CC1=C(c2cccc(O)c2)C(c2ccc(OCCN3CCC/C(=C\F)C3)cc2)Oc2ccc(O)cc21. The second-order valence-corrected chi connectivity index (χ2v) is 9.33. The Morgan fingerprint density at radius 1 is 1.06 bits per heavy atom. The highest BCUT2D eigenvalue weighted by molar-refractivity contribution is 5.95. The Hall–Kier alpha value is -3.77. The molecule has 5 rings (SSSR count). The summed E-state index contributed by atoms with van der Waals surface area (Å²) in [7, 11) is 0. The van der Waals surface area contributed by atoms with Crippen molar-refractivity contribution in [1.29, 1.82) is 0 Å². The number of rotatable bonds is 6. The van der Waals surface area contributed by atoms with Gasteiger partial charge in [-0.3, -0.25) is 4.90 Å². The molecule has 2 aliphatic rings. The summed E-state index contributed by atoms with van der Waals surface area (Å²) in [6.07, 6.45) is 2.16. The number of phenolic OH excluding ortho intramolecular Hbond substituents is 2. The standard InChI is InChI=1S/C30H30FNO4/c1-20-27-17-25(34)9-12-28(27)36-30(29(20)23-5-2-6-24(33)16-23)22-7-10-26(11-8-22)35-15-14-32-13-3-4-21(18-31)19-32/h2,5-12,16-18,30,33-34H,3-4,13-15,19H2,1H3/b21-18+. The molecule has 6 heteroatoms. The first-order valence-corrected chi connectivity index (χ1v) is 12.3. The monoisotopic (exact) mass is 487 g/mol. The van der Waals surface area contributed by atoms with Crippen molar-refractivity contribution in [3.8, 4) is 23.0 Å². The molecule has 5 nitrogen and oxygen atoms in total. The van der Waals surface area contributed by atoms with Crippen LogP contribution in [-0.4, -0.2) is 41.4 Å². The molecule has 0 radical (unpaired) electrons. The maximum atomic E-state index is 12.9. The molecule has 0 saturated carbocycles. The van der Waals surface area contributed by atoms with Gasteiger partial charge in [-0.15, -0.1) is 0 Å². The third kappa shape index (κ3) is 5.09. The minimum absolute atomic E-state index is 0.174. The molecule has 2 aliphatic heterocycles. The van der Waals surface area contributed by atoms with Crippen LogP contribution in [0.2, 0.25) is 0 Å². The Bertz CT molecular complexity index is 1300. The van der Waals surface area contributed by atoms with Crippen LogP contribution in [0.3, 0.4) is 0 Å². The fourth-order valence-electron chi connectivity index (χ4n) is 5.00. The van der Waals surface area contributed by atoms with E-state index in [9.17, 15) is 14.6 Å². The van der Waals surface area contributed by atoms with Gasteiger partial charge in [0.15, 0.2) is 0 Å². The first-order valence-electron chi connectivity index (χ1n) is 12.3. The fraction of sp³-hybridized carbons (Fsp3) is 0.267. The third-order valence-corrected chi connectivity index (χ3v) is 6.85. The van der Waals surface area contributed by atoms with E-state index in [1.54, 1.807) is 30.3 Å². The van der Waals surface area contributed by atoms with Gasteiger partial charge in [0.2, 0.25) is 0 Å². The van der Waals surface area contributed by atoms with Crippen LogP contribution in [0, 0.1) is 0 Å². The number of aromatic hydroxyl groups is 2. The minimum atomic E-state index is -0.392. The van der Waals surface area contributed by atoms with E-state index < -0.39 is 6.10 Å². The largest absolute Gasteiger partial charge is 0.508 e. The second kappa shape index (κ2) is 10.5. The molecule has 0 aliphatic carbocycles. The normalized spacial score (nSPS) is 19.2. The van der Waals surface area contributed by atoms with Gasteiger partial charge in [0.05, 0.1) is 6.33 Å². The van der Waals surface area contributed by atoms with E-state index in [0.29, 0.717) is 18.9 Å². The summed E-state index contributed by atoms with van der Waals surface area (Å²) in [6, 6.07) is 20.1. The molecule has 1 unspecified atom stereocenters. The summed E-state index contributed by atoms with van der Waals surface area (Å²) < 4.78 is 25.3. The van der Waals surface area contributed by atoms with Gasteiger partial charge in [0.1, 0.15) is 35.7 Å². The van der Waals surface area contributed by atoms with Crippen molar-refractivity contribution in [1.82, 2.24) is 4.90 Å². The molecule has 0 bridgehead atoms. The molecule has 0 spiro atoms. The number of phenols is 2. The van der Waals surface area contributed by atoms with Crippen LogP contribution >= 0.6 is 0 Å². The number of benzene rings is 3. The maximum Gasteiger partial charge on any atom is 0.150 e. The van der Waals surface area contributed by atoms with Crippen molar-refractivity contribution in [2.75, 3.05) is 26.2 Å². The van der Waals surface area contributed by atoms with Gasteiger partial charge in [0.25, 0.3) is 0 Å². The van der Waals surface area contributed by atoms with E-state index >= 15 is 0 Å². The molecule has 3 aromatic rings. The van der Waals surface area contributed by atoms with Crippen LogP contribution in [0.25, 0.3) is 11.1 Å². The lowest BCUT2D eigenvalue weighted by atomic mass is 9.86. The number of allylic oxidation sites excluding steroid dienone is 1. The van der Waals surface area contributed by atoms with E-state index in [-0.39, 0.29) is 11.5 Å². The zero-order valence-electron chi connectivity index (χ0n) is 20.3. The van der Waals surface area contributed by atoms with Crippen molar-refractivity contribution in [3.05, 3.63) is 95.3 Å². The molecule has 0 aromatic heterocycles. The molecule has 1 fully saturated rings. The lowest BCUT2D eigenvalue weighted by Gasteiger charge is -2.31. The van der Waals surface area contributed by atoms with E-state index in [4.69, 9.17) is 9.47 Å². The number of fused-ring (bicyclic) bond motifs is 1. The van der Waals surface area contributed by atoms with Crippen LogP contribution < -0.4 is 9.47 Å². The number of likely N-dealkylation sites (tertiary alicyclic amines) is 1.